The van der Waals surface area contributed by atoms with Crippen molar-refractivity contribution in [2.75, 3.05) is 0 Å². The first-order valence-electron chi connectivity index (χ1n) is 9.48. The lowest BCUT2D eigenvalue weighted by atomic mass is 9.78. The number of aryl methyl sites for hydroxylation is 1. The van der Waals surface area contributed by atoms with Crippen molar-refractivity contribution >= 4 is 45.3 Å². The topological polar surface area (TPSA) is 31.6 Å². The van der Waals surface area contributed by atoms with Gasteiger partial charge in [0.25, 0.3) is 0 Å². The van der Waals surface area contributed by atoms with E-state index in [9.17, 15) is 0 Å². The van der Waals surface area contributed by atoms with E-state index in [1.165, 1.54) is 16.3 Å². The van der Waals surface area contributed by atoms with Gasteiger partial charge in [0.1, 0.15) is 11.2 Å². The molecule has 0 unspecified atom stereocenters. The molecule has 1 aliphatic rings. The fourth-order valence-electron chi connectivity index (χ4n) is 3.99. The van der Waals surface area contributed by atoms with Crippen LogP contribution in [0.4, 0.5) is 0 Å². The monoisotopic (exact) mass is 358 g/mol. The summed E-state index contributed by atoms with van der Waals surface area (Å²) < 4.78 is 18.9. The summed E-state index contributed by atoms with van der Waals surface area (Å²) in [5.41, 5.74) is 3.20. The summed E-state index contributed by atoms with van der Waals surface area (Å²) in [5, 5.41) is 4.74. The Labute approximate surface area is 159 Å². The standard InChI is InChI=1S/C23H23BO3/c1-14-8-6-9-16-15(14)12-13-19-20(16)17-10-7-11-18(21(17)25-19)24-26-22(2,3)23(4,5)27-24/h6-13H,1-5H3. The van der Waals surface area contributed by atoms with E-state index < -0.39 is 7.12 Å². The molecule has 3 aromatic carbocycles. The maximum atomic E-state index is 6.32. The summed E-state index contributed by atoms with van der Waals surface area (Å²) in [4.78, 5) is 0. The van der Waals surface area contributed by atoms with Gasteiger partial charge in [-0.25, -0.2) is 0 Å². The Balaban J connectivity index is 1.78. The molecule has 0 spiro atoms. The van der Waals surface area contributed by atoms with Crippen molar-refractivity contribution in [1.29, 1.82) is 0 Å². The average molecular weight is 358 g/mol. The van der Waals surface area contributed by atoms with Crippen molar-refractivity contribution in [3.05, 3.63) is 54.1 Å². The molecule has 27 heavy (non-hydrogen) atoms. The van der Waals surface area contributed by atoms with Gasteiger partial charge in [0.2, 0.25) is 0 Å². The number of para-hydroxylation sites is 1. The van der Waals surface area contributed by atoms with Crippen molar-refractivity contribution in [2.45, 2.75) is 45.8 Å². The van der Waals surface area contributed by atoms with Gasteiger partial charge in [0.15, 0.2) is 0 Å². The van der Waals surface area contributed by atoms with E-state index in [1.54, 1.807) is 0 Å². The largest absolute Gasteiger partial charge is 0.498 e. The first-order chi connectivity index (χ1) is 12.8. The zero-order valence-corrected chi connectivity index (χ0v) is 16.4. The first kappa shape index (κ1) is 16.8. The first-order valence-corrected chi connectivity index (χ1v) is 9.48. The molecule has 1 saturated heterocycles. The molecule has 0 amide bonds. The second-order valence-corrected chi connectivity index (χ2v) is 8.52. The lowest BCUT2D eigenvalue weighted by Gasteiger charge is -2.32. The third-order valence-corrected chi connectivity index (χ3v) is 6.28. The van der Waals surface area contributed by atoms with Crippen LogP contribution in [0, 0.1) is 6.92 Å². The van der Waals surface area contributed by atoms with Gasteiger partial charge in [-0.15, -0.1) is 0 Å². The van der Waals surface area contributed by atoms with Crippen LogP contribution in [-0.2, 0) is 9.31 Å². The number of fused-ring (bicyclic) bond motifs is 5. The van der Waals surface area contributed by atoms with Crippen LogP contribution >= 0.6 is 0 Å². The third-order valence-electron chi connectivity index (χ3n) is 6.28. The molecule has 4 aromatic rings. The van der Waals surface area contributed by atoms with E-state index in [-0.39, 0.29) is 11.2 Å². The predicted molar refractivity (Wildman–Crippen MR) is 112 cm³/mol. The Bertz CT molecular complexity index is 1190. The molecular weight excluding hydrogens is 335 g/mol. The molecule has 3 nitrogen and oxygen atoms in total. The Morgan fingerprint density at radius 2 is 1.41 bits per heavy atom. The summed E-state index contributed by atoms with van der Waals surface area (Å²) >= 11 is 0. The van der Waals surface area contributed by atoms with Crippen molar-refractivity contribution in [2.24, 2.45) is 0 Å². The highest BCUT2D eigenvalue weighted by atomic mass is 16.7. The number of rotatable bonds is 1. The Kier molecular flexibility index (Phi) is 3.35. The molecule has 0 aliphatic carbocycles. The van der Waals surface area contributed by atoms with Crippen molar-refractivity contribution in [3.8, 4) is 0 Å². The molecule has 1 aliphatic heterocycles. The molecule has 5 rings (SSSR count). The fraction of sp³-hybridized carbons (Fsp3) is 0.304. The van der Waals surface area contributed by atoms with E-state index in [0.29, 0.717) is 0 Å². The summed E-state index contributed by atoms with van der Waals surface area (Å²) in [6, 6.07) is 16.9. The molecule has 1 fully saturated rings. The summed E-state index contributed by atoms with van der Waals surface area (Å²) in [6.07, 6.45) is 0. The predicted octanol–water partition coefficient (Wildman–Crippen LogP) is 5.35. The van der Waals surface area contributed by atoms with Crippen molar-refractivity contribution in [1.82, 2.24) is 0 Å². The number of benzene rings is 3. The van der Waals surface area contributed by atoms with Gasteiger partial charge >= 0.3 is 7.12 Å². The maximum absolute atomic E-state index is 6.32. The molecule has 2 heterocycles. The minimum atomic E-state index is -0.438. The molecule has 4 heteroatoms. The highest BCUT2D eigenvalue weighted by Crippen LogP contribution is 2.39. The highest BCUT2D eigenvalue weighted by molar-refractivity contribution is 6.65. The van der Waals surface area contributed by atoms with Crippen LogP contribution in [0.25, 0.3) is 32.7 Å². The Morgan fingerprint density at radius 3 is 2.15 bits per heavy atom. The summed E-state index contributed by atoms with van der Waals surface area (Å²) in [7, 11) is -0.438. The van der Waals surface area contributed by atoms with Gasteiger partial charge < -0.3 is 13.7 Å². The SMILES string of the molecule is Cc1cccc2c1ccc1oc3c(B4OC(C)(C)C(C)(C)O4)cccc3c12. The van der Waals surface area contributed by atoms with Crippen LogP contribution < -0.4 is 5.46 Å². The second kappa shape index (κ2) is 5.37. The lowest BCUT2D eigenvalue weighted by Crippen LogP contribution is -2.41. The maximum Gasteiger partial charge on any atom is 0.498 e. The Morgan fingerprint density at radius 1 is 0.741 bits per heavy atom. The number of hydrogen-bond acceptors (Lipinski definition) is 3. The van der Waals surface area contributed by atoms with Crippen LogP contribution in [0.2, 0.25) is 0 Å². The van der Waals surface area contributed by atoms with Gasteiger partial charge in [-0.05, 0) is 57.0 Å². The Hall–Kier alpha value is -2.30. The van der Waals surface area contributed by atoms with E-state index >= 15 is 0 Å². The fourth-order valence-corrected chi connectivity index (χ4v) is 3.99. The highest BCUT2D eigenvalue weighted by Gasteiger charge is 2.52. The molecule has 1 aromatic heterocycles. The average Bonchev–Trinajstić information content (AvgIpc) is 3.09. The summed E-state index contributed by atoms with van der Waals surface area (Å²) in [6.45, 7) is 10.4. The minimum absolute atomic E-state index is 0.379. The number of hydrogen-bond donors (Lipinski definition) is 0. The number of furan rings is 1. The van der Waals surface area contributed by atoms with E-state index in [1.807, 2.05) is 6.07 Å². The zero-order valence-electron chi connectivity index (χ0n) is 16.4. The van der Waals surface area contributed by atoms with Crippen LogP contribution in [0.5, 0.6) is 0 Å². The minimum Gasteiger partial charge on any atom is -0.456 e. The normalized spacial score (nSPS) is 18.8. The van der Waals surface area contributed by atoms with Crippen molar-refractivity contribution in [3.63, 3.8) is 0 Å². The third kappa shape index (κ3) is 2.30. The second-order valence-electron chi connectivity index (χ2n) is 8.52. The van der Waals surface area contributed by atoms with Gasteiger partial charge in [-0.1, -0.05) is 42.5 Å². The molecule has 0 bridgehead atoms. The lowest BCUT2D eigenvalue weighted by molar-refractivity contribution is 0.00578. The van der Waals surface area contributed by atoms with Gasteiger partial charge in [0.05, 0.1) is 11.2 Å². The van der Waals surface area contributed by atoms with Gasteiger partial charge in [-0.2, -0.15) is 0 Å². The van der Waals surface area contributed by atoms with E-state index in [4.69, 9.17) is 13.7 Å². The molecule has 136 valence electrons. The van der Waals surface area contributed by atoms with Gasteiger partial charge in [-0.3, -0.25) is 0 Å². The van der Waals surface area contributed by atoms with Crippen LogP contribution in [0.3, 0.4) is 0 Å². The molecule has 0 N–H and O–H groups in total. The molecule has 0 radical (unpaired) electrons. The molecule has 0 saturated carbocycles. The van der Waals surface area contributed by atoms with Crippen molar-refractivity contribution < 1.29 is 13.7 Å². The van der Waals surface area contributed by atoms with E-state index in [0.717, 1.165) is 27.4 Å². The molecular formula is C23H23BO3. The summed E-state index contributed by atoms with van der Waals surface area (Å²) in [5.74, 6) is 0. The quantitative estimate of drug-likeness (QED) is 0.430. The zero-order chi connectivity index (χ0) is 19.0. The molecule has 0 atom stereocenters. The van der Waals surface area contributed by atoms with Crippen LogP contribution in [0.1, 0.15) is 33.3 Å². The van der Waals surface area contributed by atoms with Crippen LogP contribution in [-0.4, -0.2) is 18.3 Å². The van der Waals surface area contributed by atoms with Gasteiger partial charge in [0, 0.05) is 16.2 Å². The van der Waals surface area contributed by atoms with E-state index in [2.05, 4.69) is 77.1 Å². The smallest absolute Gasteiger partial charge is 0.456 e. The van der Waals surface area contributed by atoms with Crippen LogP contribution in [0.15, 0.2) is 52.9 Å².